The summed E-state index contributed by atoms with van der Waals surface area (Å²) in [6.45, 7) is 0.508. The van der Waals surface area contributed by atoms with Gasteiger partial charge in [0.15, 0.2) is 0 Å². The van der Waals surface area contributed by atoms with Gasteiger partial charge < -0.3 is 10.0 Å². The zero-order valence-electron chi connectivity index (χ0n) is 17.7. The van der Waals surface area contributed by atoms with Crippen molar-refractivity contribution in [1.82, 2.24) is 4.31 Å². The normalized spacial score (nSPS) is 16.6. The third-order valence-corrected chi connectivity index (χ3v) is 9.69. The van der Waals surface area contributed by atoms with Crippen LogP contribution in [0.3, 0.4) is 0 Å². The third-order valence-electron chi connectivity index (χ3n) is 5.74. The van der Waals surface area contributed by atoms with Crippen molar-refractivity contribution in [2.75, 3.05) is 31.1 Å². The van der Waals surface area contributed by atoms with Crippen molar-refractivity contribution in [2.45, 2.75) is 22.2 Å². The van der Waals surface area contributed by atoms with Crippen molar-refractivity contribution in [3.63, 3.8) is 0 Å². The van der Waals surface area contributed by atoms with Gasteiger partial charge in [-0.1, -0.05) is 12.1 Å². The number of sulfonamides is 1. The number of benzene rings is 1. The Morgan fingerprint density at radius 1 is 0.886 bits per heavy atom. The highest BCUT2D eigenvalue weighted by Crippen LogP contribution is 2.51. The molecule has 0 radical (unpaired) electrons. The summed E-state index contributed by atoms with van der Waals surface area (Å²) in [5, 5.41) is 14.7. The summed E-state index contributed by atoms with van der Waals surface area (Å²) >= 11 is 2.28. The molecule has 0 amide bonds. The van der Waals surface area contributed by atoms with Crippen LogP contribution in [-0.4, -0.2) is 56.4 Å². The van der Waals surface area contributed by atoms with Crippen LogP contribution in [0.5, 0.6) is 0 Å². The predicted octanol–water partition coefficient (Wildman–Crippen LogP) is 5.30. The molecule has 5 nitrogen and oxygen atoms in total. The minimum absolute atomic E-state index is 0.0743. The summed E-state index contributed by atoms with van der Waals surface area (Å²) in [6.07, 6.45) is -12.0. The van der Waals surface area contributed by atoms with Crippen molar-refractivity contribution in [1.29, 1.82) is 0 Å². The fourth-order valence-corrected chi connectivity index (χ4v) is 7.10. The first kappa shape index (κ1) is 25.9. The van der Waals surface area contributed by atoms with Gasteiger partial charge in [-0.15, -0.1) is 11.3 Å². The highest BCUT2D eigenvalue weighted by molar-refractivity contribution is 7.91. The number of nitrogens with zero attached hydrogens (tertiary/aromatic N) is 2. The monoisotopic (exact) mass is 556 g/mol. The van der Waals surface area contributed by atoms with Gasteiger partial charge in [0.25, 0.3) is 15.6 Å². The van der Waals surface area contributed by atoms with E-state index >= 15 is 0 Å². The van der Waals surface area contributed by atoms with E-state index in [1.807, 2.05) is 0 Å². The Balaban J connectivity index is 1.69. The number of hydrogen-bond acceptors (Lipinski definition) is 6. The Labute approximate surface area is 204 Å². The lowest BCUT2D eigenvalue weighted by molar-refractivity contribution is -0.376. The molecule has 0 atom stereocenters. The van der Waals surface area contributed by atoms with Crippen LogP contribution < -0.4 is 4.90 Å². The second-order valence-electron chi connectivity index (χ2n) is 7.77. The summed E-state index contributed by atoms with van der Waals surface area (Å²) in [4.78, 5) is 1.71. The molecule has 0 spiro atoms. The van der Waals surface area contributed by atoms with E-state index in [-0.39, 0.29) is 36.0 Å². The first-order valence-corrected chi connectivity index (χ1v) is 13.3. The quantitative estimate of drug-likeness (QED) is 0.434. The second kappa shape index (κ2) is 9.07. The molecule has 35 heavy (non-hydrogen) atoms. The first-order chi connectivity index (χ1) is 16.3. The fourth-order valence-electron chi connectivity index (χ4n) is 3.88. The summed E-state index contributed by atoms with van der Waals surface area (Å²) < 4.78 is 108. The molecule has 1 aromatic carbocycles. The minimum atomic E-state index is -6.00. The Hall–Kier alpha value is -2.13. The first-order valence-electron chi connectivity index (χ1n) is 10.1. The van der Waals surface area contributed by atoms with Crippen molar-refractivity contribution >= 4 is 38.4 Å². The van der Waals surface area contributed by atoms with E-state index in [0.717, 1.165) is 17.4 Å². The molecule has 1 aliphatic heterocycles. The van der Waals surface area contributed by atoms with Crippen molar-refractivity contribution < 1.29 is 39.9 Å². The summed E-state index contributed by atoms with van der Waals surface area (Å²) in [5.41, 5.74) is -5.60. The number of hydrogen-bond donors (Lipinski definition) is 1. The molecule has 190 valence electrons. The van der Waals surface area contributed by atoms with E-state index in [2.05, 4.69) is 0 Å². The van der Waals surface area contributed by atoms with Gasteiger partial charge >= 0.3 is 12.4 Å². The molecule has 0 bridgehead atoms. The van der Waals surface area contributed by atoms with Gasteiger partial charge in [0.2, 0.25) is 0 Å². The molecule has 1 fully saturated rings. The Morgan fingerprint density at radius 3 is 2.06 bits per heavy atom. The number of rotatable bonds is 5. The highest BCUT2D eigenvalue weighted by Gasteiger charge is 2.71. The van der Waals surface area contributed by atoms with Gasteiger partial charge in [0, 0.05) is 43.0 Å². The van der Waals surface area contributed by atoms with Crippen molar-refractivity contribution in [2.24, 2.45) is 0 Å². The van der Waals surface area contributed by atoms with Crippen LogP contribution >= 0.6 is 22.7 Å². The van der Waals surface area contributed by atoms with E-state index in [0.29, 0.717) is 23.4 Å². The van der Waals surface area contributed by atoms with Gasteiger partial charge in [-0.3, -0.25) is 0 Å². The smallest absolute Gasteiger partial charge is 0.369 e. The molecule has 2 aromatic heterocycles. The van der Waals surface area contributed by atoms with Gasteiger partial charge in [0.05, 0.1) is 0 Å². The molecule has 14 heteroatoms. The maximum Gasteiger partial charge on any atom is 0.430 e. The van der Waals surface area contributed by atoms with E-state index in [9.17, 15) is 39.9 Å². The number of piperazine rings is 1. The standard InChI is InChI=1S/C21H18F6N2O3S3/c22-20(23,24)19(30,21(25,26)27)15-3-4-17(16(12-15)14-5-11-33-13-14)28-6-8-29(9-7-28)35(31,32)18-2-1-10-34-18/h1-5,10-13,30H,6-9H2. The van der Waals surface area contributed by atoms with Gasteiger partial charge in [-0.05, 0) is 46.0 Å². The lowest BCUT2D eigenvalue weighted by Gasteiger charge is -2.37. The van der Waals surface area contributed by atoms with Crippen LogP contribution in [-0.2, 0) is 15.6 Å². The molecule has 1 saturated heterocycles. The summed E-state index contributed by atoms with van der Waals surface area (Å²) in [5.74, 6) is 0. The molecule has 3 heterocycles. The average Bonchev–Trinajstić information content (AvgIpc) is 3.51. The Morgan fingerprint density at radius 2 is 1.54 bits per heavy atom. The van der Waals surface area contributed by atoms with E-state index < -0.39 is 33.5 Å². The lowest BCUT2D eigenvalue weighted by Crippen LogP contribution is -2.54. The molecule has 3 aromatic rings. The van der Waals surface area contributed by atoms with Crippen LogP contribution in [0, 0.1) is 0 Å². The van der Waals surface area contributed by atoms with Crippen LogP contribution in [0.15, 0.2) is 56.7 Å². The molecule has 1 aliphatic rings. The molecule has 0 unspecified atom stereocenters. The second-order valence-corrected chi connectivity index (χ2v) is 11.7. The van der Waals surface area contributed by atoms with E-state index in [4.69, 9.17) is 0 Å². The van der Waals surface area contributed by atoms with Crippen LogP contribution in [0.25, 0.3) is 11.1 Å². The maximum absolute atomic E-state index is 13.4. The Kier molecular flexibility index (Phi) is 6.72. The van der Waals surface area contributed by atoms with Crippen molar-refractivity contribution in [3.05, 3.63) is 58.1 Å². The molecule has 1 N–H and O–H groups in total. The Bertz CT molecular complexity index is 1250. The largest absolute Gasteiger partial charge is 0.430 e. The molecule has 0 saturated carbocycles. The van der Waals surface area contributed by atoms with Crippen molar-refractivity contribution in [3.8, 4) is 11.1 Å². The number of anilines is 1. The number of thiophene rings is 2. The number of alkyl halides is 6. The molecule has 0 aliphatic carbocycles. The maximum atomic E-state index is 13.4. The van der Waals surface area contributed by atoms with Crippen LogP contribution in [0.2, 0.25) is 0 Å². The third kappa shape index (κ3) is 4.57. The molecular weight excluding hydrogens is 538 g/mol. The van der Waals surface area contributed by atoms with Gasteiger partial charge in [0.1, 0.15) is 4.21 Å². The highest BCUT2D eigenvalue weighted by atomic mass is 32.2. The SMILES string of the molecule is O=S(=O)(c1cccs1)N1CCN(c2ccc(C(O)(C(F)(F)F)C(F)(F)F)cc2-c2ccsc2)CC1. The predicted molar refractivity (Wildman–Crippen MR) is 121 cm³/mol. The fraction of sp³-hybridized carbons (Fsp3) is 0.333. The number of halogens is 6. The van der Waals surface area contributed by atoms with Gasteiger partial charge in [-0.2, -0.15) is 42.0 Å². The molecular formula is C21H18F6N2O3S3. The lowest BCUT2D eigenvalue weighted by atomic mass is 9.89. The summed E-state index contributed by atoms with van der Waals surface area (Å²) in [7, 11) is -3.69. The zero-order chi connectivity index (χ0) is 25.6. The van der Waals surface area contributed by atoms with Gasteiger partial charge in [-0.25, -0.2) is 8.42 Å². The van der Waals surface area contributed by atoms with Crippen LogP contribution in [0.1, 0.15) is 5.56 Å². The summed E-state index contributed by atoms with van der Waals surface area (Å²) in [6, 6.07) is 7.07. The van der Waals surface area contributed by atoms with E-state index in [1.165, 1.54) is 21.7 Å². The molecule has 4 rings (SSSR count). The average molecular weight is 557 g/mol. The van der Waals surface area contributed by atoms with E-state index in [1.54, 1.807) is 33.2 Å². The number of aliphatic hydroxyl groups is 1. The zero-order valence-corrected chi connectivity index (χ0v) is 20.1. The topological polar surface area (TPSA) is 60.9 Å². The minimum Gasteiger partial charge on any atom is -0.369 e. The van der Waals surface area contributed by atoms with Crippen LogP contribution in [0.4, 0.5) is 32.0 Å².